The van der Waals surface area contributed by atoms with Crippen LogP contribution in [0.3, 0.4) is 0 Å². The topological polar surface area (TPSA) is 52.6 Å². The number of hydrogen-bond donors (Lipinski definition) is 0. The molecule has 0 N–H and O–H groups in total. The molecule has 0 aromatic rings. The second-order valence-electron chi connectivity index (χ2n) is 4.94. The van der Waals surface area contributed by atoms with Crippen LogP contribution >= 0.6 is 0 Å². The molecule has 2 fully saturated rings. The molecular formula is C14H20O4. The highest BCUT2D eigenvalue weighted by atomic mass is 16.5. The van der Waals surface area contributed by atoms with Crippen molar-refractivity contribution in [2.45, 2.75) is 39.5 Å². The quantitative estimate of drug-likeness (QED) is 0.568. The third kappa shape index (κ3) is 2.28. The second-order valence-corrected chi connectivity index (χ2v) is 4.94. The van der Waals surface area contributed by atoms with Gasteiger partial charge in [-0.15, -0.1) is 0 Å². The van der Waals surface area contributed by atoms with Gasteiger partial charge in [0, 0.05) is 11.5 Å². The standard InChI is InChI=1S/C14H20O4/c1-3-17-12(15)8-10-6-5-7-14(10)9-11(14)13(16)18-4-2/h8,11H,3-7,9H2,1-2H3/b10-8+. The summed E-state index contributed by atoms with van der Waals surface area (Å²) in [7, 11) is 0. The Kier molecular flexibility index (Phi) is 3.73. The Morgan fingerprint density at radius 1 is 1.33 bits per heavy atom. The molecule has 2 saturated carbocycles. The van der Waals surface area contributed by atoms with Crippen LogP contribution in [0.15, 0.2) is 11.6 Å². The molecule has 18 heavy (non-hydrogen) atoms. The summed E-state index contributed by atoms with van der Waals surface area (Å²) in [4.78, 5) is 23.3. The van der Waals surface area contributed by atoms with Crippen molar-refractivity contribution in [1.29, 1.82) is 0 Å². The molecule has 0 radical (unpaired) electrons. The zero-order valence-corrected chi connectivity index (χ0v) is 11.0. The number of carbonyl (C=O) groups excluding carboxylic acids is 2. The van der Waals surface area contributed by atoms with Crippen molar-refractivity contribution in [2.75, 3.05) is 13.2 Å². The van der Waals surface area contributed by atoms with Crippen LogP contribution in [0.4, 0.5) is 0 Å². The van der Waals surface area contributed by atoms with Gasteiger partial charge in [0.2, 0.25) is 0 Å². The van der Waals surface area contributed by atoms with Gasteiger partial charge in [0.25, 0.3) is 0 Å². The fourth-order valence-corrected chi connectivity index (χ4v) is 3.03. The van der Waals surface area contributed by atoms with Crippen molar-refractivity contribution in [3.05, 3.63) is 11.6 Å². The minimum Gasteiger partial charge on any atom is -0.466 e. The van der Waals surface area contributed by atoms with Crippen molar-refractivity contribution in [3.8, 4) is 0 Å². The molecule has 2 unspecified atom stereocenters. The molecular weight excluding hydrogens is 232 g/mol. The fourth-order valence-electron chi connectivity index (χ4n) is 3.03. The monoisotopic (exact) mass is 252 g/mol. The molecule has 4 nitrogen and oxygen atoms in total. The normalized spacial score (nSPS) is 31.7. The largest absolute Gasteiger partial charge is 0.466 e. The molecule has 0 aromatic carbocycles. The summed E-state index contributed by atoms with van der Waals surface area (Å²) < 4.78 is 10.0. The Morgan fingerprint density at radius 2 is 2.06 bits per heavy atom. The molecule has 1 spiro atoms. The van der Waals surface area contributed by atoms with Crippen LogP contribution in [0.2, 0.25) is 0 Å². The van der Waals surface area contributed by atoms with Gasteiger partial charge in [-0.2, -0.15) is 0 Å². The summed E-state index contributed by atoms with van der Waals surface area (Å²) in [5.41, 5.74) is 0.998. The number of hydrogen-bond acceptors (Lipinski definition) is 4. The highest BCUT2D eigenvalue weighted by Crippen LogP contribution is 2.65. The van der Waals surface area contributed by atoms with E-state index in [2.05, 4.69) is 0 Å². The van der Waals surface area contributed by atoms with Gasteiger partial charge in [-0.1, -0.05) is 5.57 Å². The van der Waals surface area contributed by atoms with E-state index >= 15 is 0 Å². The molecule has 0 bridgehead atoms. The fraction of sp³-hybridized carbons (Fsp3) is 0.714. The van der Waals surface area contributed by atoms with Crippen molar-refractivity contribution in [1.82, 2.24) is 0 Å². The van der Waals surface area contributed by atoms with Gasteiger partial charge >= 0.3 is 11.9 Å². The van der Waals surface area contributed by atoms with E-state index in [4.69, 9.17) is 9.47 Å². The van der Waals surface area contributed by atoms with E-state index in [9.17, 15) is 9.59 Å². The molecule has 0 aromatic heterocycles. The van der Waals surface area contributed by atoms with E-state index in [0.29, 0.717) is 13.2 Å². The number of ether oxygens (including phenoxy) is 2. The Labute approximate surface area is 107 Å². The van der Waals surface area contributed by atoms with E-state index in [1.54, 1.807) is 13.0 Å². The van der Waals surface area contributed by atoms with E-state index in [1.165, 1.54) is 0 Å². The number of rotatable bonds is 4. The predicted octanol–water partition coefficient (Wildman–Crippen LogP) is 2.23. The van der Waals surface area contributed by atoms with Crippen LogP contribution in [0.25, 0.3) is 0 Å². The molecule has 0 saturated heterocycles. The molecule has 2 aliphatic rings. The summed E-state index contributed by atoms with van der Waals surface area (Å²) in [5.74, 6) is -0.446. The zero-order valence-electron chi connectivity index (χ0n) is 11.0. The maximum absolute atomic E-state index is 11.8. The van der Waals surface area contributed by atoms with Crippen molar-refractivity contribution in [2.24, 2.45) is 11.3 Å². The first-order chi connectivity index (χ1) is 8.64. The molecule has 0 heterocycles. The lowest BCUT2D eigenvalue weighted by molar-refractivity contribution is -0.145. The minimum absolute atomic E-state index is 0.0411. The molecule has 0 amide bonds. The Balaban J connectivity index is 2.05. The van der Waals surface area contributed by atoms with Crippen molar-refractivity contribution in [3.63, 3.8) is 0 Å². The first kappa shape index (κ1) is 13.1. The first-order valence-corrected chi connectivity index (χ1v) is 6.68. The van der Waals surface area contributed by atoms with E-state index in [1.807, 2.05) is 6.92 Å². The minimum atomic E-state index is -0.289. The third-order valence-corrected chi connectivity index (χ3v) is 3.93. The first-order valence-electron chi connectivity index (χ1n) is 6.68. The highest BCUT2D eigenvalue weighted by molar-refractivity contribution is 5.85. The van der Waals surface area contributed by atoms with Crippen LogP contribution in [-0.4, -0.2) is 25.2 Å². The van der Waals surface area contributed by atoms with Gasteiger partial charge in [0.1, 0.15) is 0 Å². The summed E-state index contributed by atoms with van der Waals surface area (Å²) >= 11 is 0. The van der Waals surface area contributed by atoms with Gasteiger partial charge in [-0.05, 0) is 39.5 Å². The van der Waals surface area contributed by atoms with E-state index < -0.39 is 0 Å². The average molecular weight is 252 g/mol. The summed E-state index contributed by atoms with van der Waals surface area (Å²) in [6.07, 6.45) is 5.35. The van der Waals surface area contributed by atoms with Gasteiger partial charge in [0.15, 0.2) is 0 Å². The van der Waals surface area contributed by atoms with Gasteiger partial charge in [-0.3, -0.25) is 4.79 Å². The number of allylic oxidation sites excluding steroid dienone is 1. The van der Waals surface area contributed by atoms with Crippen LogP contribution in [0, 0.1) is 11.3 Å². The molecule has 0 aliphatic heterocycles. The smallest absolute Gasteiger partial charge is 0.330 e. The van der Waals surface area contributed by atoms with Gasteiger partial charge < -0.3 is 9.47 Å². The van der Waals surface area contributed by atoms with E-state index in [-0.39, 0.29) is 23.3 Å². The summed E-state index contributed by atoms with van der Waals surface area (Å²) in [5, 5.41) is 0. The molecule has 2 aliphatic carbocycles. The molecule has 4 heteroatoms. The van der Waals surface area contributed by atoms with Crippen LogP contribution in [-0.2, 0) is 19.1 Å². The Hall–Kier alpha value is -1.32. The Bertz CT molecular complexity index is 385. The molecule has 2 rings (SSSR count). The molecule has 100 valence electrons. The number of esters is 2. The zero-order chi connectivity index (χ0) is 13.2. The average Bonchev–Trinajstić information content (AvgIpc) is 2.91. The highest BCUT2D eigenvalue weighted by Gasteiger charge is 2.62. The summed E-state index contributed by atoms with van der Waals surface area (Å²) in [6.45, 7) is 4.41. The van der Waals surface area contributed by atoms with E-state index in [0.717, 1.165) is 31.3 Å². The van der Waals surface area contributed by atoms with Crippen LogP contribution in [0.1, 0.15) is 39.5 Å². The SMILES string of the molecule is CCOC(=O)/C=C1\CCCC12CC2C(=O)OCC. The lowest BCUT2D eigenvalue weighted by Crippen LogP contribution is -2.14. The molecule has 2 atom stereocenters. The van der Waals surface area contributed by atoms with Crippen LogP contribution in [0.5, 0.6) is 0 Å². The Morgan fingerprint density at radius 3 is 2.72 bits per heavy atom. The second kappa shape index (κ2) is 5.12. The van der Waals surface area contributed by atoms with Gasteiger partial charge in [-0.25, -0.2) is 4.79 Å². The van der Waals surface area contributed by atoms with Crippen LogP contribution < -0.4 is 0 Å². The third-order valence-electron chi connectivity index (χ3n) is 3.93. The maximum Gasteiger partial charge on any atom is 0.330 e. The predicted molar refractivity (Wildman–Crippen MR) is 65.7 cm³/mol. The van der Waals surface area contributed by atoms with Gasteiger partial charge in [0.05, 0.1) is 19.1 Å². The summed E-state index contributed by atoms with van der Waals surface area (Å²) in [6, 6.07) is 0. The lowest BCUT2D eigenvalue weighted by Gasteiger charge is -2.11. The maximum atomic E-state index is 11.8. The lowest BCUT2D eigenvalue weighted by atomic mass is 9.96. The van der Waals surface area contributed by atoms with Crippen molar-refractivity contribution >= 4 is 11.9 Å². The number of carbonyl (C=O) groups is 2. The van der Waals surface area contributed by atoms with Crippen molar-refractivity contribution < 1.29 is 19.1 Å².